The molecule has 0 saturated heterocycles. The summed E-state index contributed by atoms with van der Waals surface area (Å²) in [5.74, 6) is -0.0780. The van der Waals surface area contributed by atoms with Crippen molar-refractivity contribution in [3.63, 3.8) is 0 Å². The standard InChI is InChI=1S/C13H16ClF3O/c1-3-4-9(2)18-12-6-5-10(8-14)7-11(12)13(15,16)17/h5-7,9H,3-4,8H2,1-2H3. The Balaban J connectivity index is 3.03. The van der Waals surface area contributed by atoms with Crippen molar-refractivity contribution >= 4 is 11.6 Å². The molecule has 102 valence electrons. The fourth-order valence-corrected chi connectivity index (χ4v) is 1.83. The lowest BCUT2D eigenvalue weighted by Gasteiger charge is -2.19. The van der Waals surface area contributed by atoms with Gasteiger partial charge in [-0.1, -0.05) is 19.4 Å². The Labute approximate surface area is 110 Å². The molecule has 0 amide bonds. The molecule has 0 fully saturated rings. The predicted octanol–water partition coefficient (Wildman–Crippen LogP) is 5.01. The van der Waals surface area contributed by atoms with Gasteiger partial charge in [-0.2, -0.15) is 13.2 Å². The van der Waals surface area contributed by atoms with Gasteiger partial charge in [-0.15, -0.1) is 11.6 Å². The van der Waals surface area contributed by atoms with Crippen LogP contribution in [0.3, 0.4) is 0 Å². The molecular formula is C13H16ClF3O. The summed E-state index contributed by atoms with van der Waals surface area (Å²) in [5, 5.41) is 0. The number of hydrogen-bond acceptors (Lipinski definition) is 1. The van der Waals surface area contributed by atoms with Crippen LogP contribution in [0.2, 0.25) is 0 Å². The van der Waals surface area contributed by atoms with E-state index in [-0.39, 0.29) is 17.7 Å². The summed E-state index contributed by atoms with van der Waals surface area (Å²) in [5.41, 5.74) is -0.330. The second-order valence-electron chi connectivity index (χ2n) is 4.18. The van der Waals surface area contributed by atoms with Crippen LogP contribution >= 0.6 is 11.6 Å². The highest BCUT2D eigenvalue weighted by molar-refractivity contribution is 6.17. The van der Waals surface area contributed by atoms with Crippen molar-refractivity contribution < 1.29 is 17.9 Å². The average Bonchev–Trinajstić information content (AvgIpc) is 2.28. The molecule has 0 aromatic heterocycles. The Hall–Kier alpha value is -0.900. The molecular weight excluding hydrogens is 265 g/mol. The van der Waals surface area contributed by atoms with Crippen molar-refractivity contribution in [2.75, 3.05) is 0 Å². The van der Waals surface area contributed by atoms with E-state index in [1.807, 2.05) is 6.92 Å². The maximum atomic E-state index is 12.9. The predicted molar refractivity (Wildman–Crippen MR) is 66.0 cm³/mol. The molecule has 0 heterocycles. The first-order chi connectivity index (χ1) is 8.38. The highest BCUT2D eigenvalue weighted by atomic mass is 35.5. The SMILES string of the molecule is CCCC(C)Oc1ccc(CCl)cc1C(F)(F)F. The molecule has 0 aliphatic carbocycles. The third kappa shape index (κ3) is 4.09. The zero-order valence-corrected chi connectivity index (χ0v) is 11.1. The third-order valence-corrected chi connectivity index (χ3v) is 2.84. The second kappa shape index (κ2) is 6.32. The summed E-state index contributed by atoms with van der Waals surface area (Å²) in [6.45, 7) is 3.72. The Bertz CT molecular complexity index is 390. The summed E-state index contributed by atoms with van der Waals surface area (Å²) >= 11 is 5.55. The van der Waals surface area contributed by atoms with Gasteiger partial charge in [0.25, 0.3) is 0 Å². The maximum Gasteiger partial charge on any atom is 0.419 e. The van der Waals surface area contributed by atoms with E-state index in [0.29, 0.717) is 12.0 Å². The topological polar surface area (TPSA) is 9.23 Å². The smallest absolute Gasteiger partial charge is 0.419 e. The van der Waals surface area contributed by atoms with E-state index < -0.39 is 11.7 Å². The minimum atomic E-state index is -4.43. The van der Waals surface area contributed by atoms with Crippen molar-refractivity contribution in [2.45, 2.75) is 44.8 Å². The van der Waals surface area contributed by atoms with Crippen LogP contribution in [0.5, 0.6) is 5.75 Å². The van der Waals surface area contributed by atoms with Crippen LogP contribution in [0.25, 0.3) is 0 Å². The third-order valence-electron chi connectivity index (χ3n) is 2.53. The van der Waals surface area contributed by atoms with E-state index in [1.54, 1.807) is 13.0 Å². The first-order valence-corrected chi connectivity index (χ1v) is 6.34. The van der Waals surface area contributed by atoms with Gasteiger partial charge in [0, 0.05) is 5.88 Å². The summed E-state index contributed by atoms with van der Waals surface area (Å²) in [7, 11) is 0. The van der Waals surface area contributed by atoms with Crippen LogP contribution in [0.4, 0.5) is 13.2 Å². The van der Waals surface area contributed by atoms with E-state index >= 15 is 0 Å². The molecule has 0 N–H and O–H groups in total. The molecule has 18 heavy (non-hydrogen) atoms. The molecule has 0 bridgehead atoms. The number of benzene rings is 1. The van der Waals surface area contributed by atoms with Crippen molar-refractivity contribution in [3.8, 4) is 5.75 Å². The first kappa shape index (κ1) is 15.2. The number of ether oxygens (including phenoxy) is 1. The lowest BCUT2D eigenvalue weighted by molar-refractivity contribution is -0.139. The Morgan fingerprint density at radius 2 is 2.00 bits per heavy atom. The van der Waals surface area contributed by atoms with Gasteiger partial charge in [0.2, 0.25) is 0 Å². The van der Waals surface area contributed by atoms with Gasteiger partial charge >= 0.3 is 6.18 Å². The van der Waals surface area contributed by atoms with E-state index in [4.69, 9.17) is 16.3 Å². The Morgan fingerprint density at radius 3 is 2.50 bits per heavy atom. The van der Waals surface area contributed by atoms with Crippen LogP contribution in [0, 0.1) is 0 Å². The van der Waals surface area contributed by atoms with Crippen LogP contribution in [-0.4, -0.2) is 6.10 Å². The van der Waals surface area contributed by atoms with E-state index in [2.05, 4.69) is 0 Å². The molecule has 1 nitrogen and oxygen atoms in total. The molecule has 1 aromatic carbocycles. The fourth-order valence-electron chi connectivity index (χ4n) is 1.67. The maximum absolute atomic E-state index is 12.9. The van der Waals surface area contributed by atoms with E-state index in [1.165, 1.54) is 6.07 Å². The zero-order valence-electron chi connectivity index (χ0n) is 10.4. The molecule has 1 rings (SSSR count). The normalized spacial score (nSPS) is 13.4. The van der Waals surface area contributed by atoms with Crippen molar-refractivity contribution in [1.82, 2.24) is 0 Å². The van der Waals surface area contributed by atoms with Crippen LogP contribution in [0.15, 0.2) is 18.2 Å². The summed E-state index contributed by atoms with van der Waals surface area (Å²) in [6, 6.07) is 3.93. The van der Waals surface area contributed by atoms with Gasteiger partial charge in [-0.05, 0) is 31.0 Å². The van der Waals surface area contributed by atoms with Crippen molar-refractivity contribution in [2.24, 2.45) is 0 Å². The van der Waals surface area contributed by atoms with Gasteiger partial charge in [0.1, 0.15) is 5.75 Å². The lowest BCUT2D eigenvalue weighted by Crippen LogP contribution is -2.15. The largest absolute Gasteiger partial charge is 0.490 e. The Morgan fingerprint density at radius 1 is 1.33 bits per heavy atom. The fraction of sp³-hybridized carbons (Fsp3) is 0.538. The highest BCUT2D eigenvalue weighted by Gasteiger charge is 2.34. The van der Waals surface area contributed by atoms with E-state index in [0.717, 1.165) is 12.5 Å². The van der Waals surface area contributed by atoms with Gasteiger partial charge in [0.15, 0.2) is 0 Å². The van der Waals surface area contributed by atoms with Gasteiger partial charge < -0.3 is 4.74 Å². The number of hydrogen-bond donors (Lipinski definition) is 0. The zero-order chi connectivity index (χ0) is 13.8. The molecule has 1 unspecified atom stereocenters. The minimum absolute atomic E-state index is 0.0495. The molecule has 5 heteroatoms. The first-order valence-electron chi connectivity index (χ1n) is 5.81. The number of rotatable bonds is 5. The van der Waals surface area contributed by atoms with Gasteiger partial charge in [-0.25, -0.2) is 0 Å². The highest BCUT2D eigenvalue weighted by Crippen LogP contribution is 2.37. The molecule has 0 aliphatic rings. The van der Waals surface area contributed by atoms with Crippen molar-refractivity contribution in [3.05, 3.63) is 29.3 Å². The van der Waals surface area contributed by atoms with Gasteiger partial charge in [-0.3, -0.25) is 0 Å². The monoisotopic (exact) mass is 280 g/mol. The van der Waals surface area contributed by atoms with Crippen LogP contribution in [-0.2, 0) is 12.1 Å². The average molecular weight is 281 g/mol. The second-order valence-corrected chi connectivity index (χ2v) is 4.45. The molecule has 1 atom stereocenters. The lowest BCUT2D eigenvalue weighted by atomic mass is 10.1. The quantitative estimate of drug-likeness (QED) is 0.689. The molecule has 0 aliphatic heterocycles. The Kier molecular flexibility index (Phi) is 5.32. The molecule has 1 aromatic rings. The summed E-state index contributed by atoms with van der Waals surface area (Å²) < 4.78 is 44.0. The van der Waals surface area contributed by atoms with Gasteiger partial charge in [0.05, 0.1) is 11.7 Å². The molecule has 0 spiro atoms. The van der Waals surface area contributed by atoms with Crippen LogP contribution in [0.1, 0.15) is 37.8 Å². The molecule has 0 radical (unpaired) electrons. The minimum Gasteiger partial charge on any atom is -0.490 e. The van der Waals surface area contributed by atoms with Crippen molar-refractivity contribution in [1.29, 1.82) is 0 Å². The summed E-state index contributed by atoms with van der Waals surface area (Å²) in [4.78, 5) is 0. The number of halogens is 4. The van der Waals surface area contributed by atoms with Crippen LogP contribution < -0.4 is 4.74 Å². The summed E-state index contributed by atoms with van der Waals surface area (Å²) in [6.07, 6.45) is -3.09. The molecule has 0 saturated carbocycles. The van der Waals surface area contributed by atoms with E-state index in [9.17, 15) is 13.2 Å². The number of alkyl halides is 4.